The average molecular weight is 365 g/mol. The number of carboxylic acids is 1. The molecule has 2 atom stereocenters. The van der Waals surface area contributed by atoms with Gasteiger partial charge in [-0.05, 0) is 61.4 Å². The molecule has 0 bridgehead atoms. The van der Waals surface area contributed by atoms with E-state index in [1.165, 1.54) is 11.1 Å². The largest absolute Gasteiger partial charge is 0.478 e. The molecule has 3 rings (SSSR count). The first-order valence-corrected chi connectivity index (χ1v) is 9.42. The summed E-state index contributed by atoms with van der Waals surface area (Å²) in [5, 5.41) is 9.09. The molecule has 2 unspecified atom stereocenters. The summed E-state index contributed by atoms with van der Waals surface area (Å²) < 4.78 is 0. The highest BCUT2D eigenvalue weighted by Gasteiger charge is 2.38. The van der Waals surface area contributed by atoms with E-state index in [1.54, 1.807) is 24.3 Å². The van der Waals surface area contributed by atoms with Crippen molar-refractivity contribution in [2.75, 3.05) is 7.05 Å². The van der Waals surface area contributed by atoms with Crippen molar-refractivity contribution in [1.29, 1.82) is 0 Å². The van der Waals surface area contributed by atoms with Gasteiger partial charge in [0.05, 0.1) is 17.0 Å². The minimum absolute atomic E-state index is 0.0409. The molecule has 0 aliphatic heterocycles. The third-order valence-electron chi connectivity index (χ3n) is 5.91. The first-order chi connectivity index (χ1) is 12.7. The van der Waals surface area contributed by atoms with E-state index in [0.29, 0.717) is 5.92 Å². The molecule has 1 aliphatic rings. The minimum Gasteiger partial charge on any atom is -0.478 e. The highest BCUT2D eigenvalue weighted by Crippen LogP contribution is 2.40. The standard InChI is InChI=1S/C23H27NO3/c1-15-9-10-16-7-5-6-8-19(16)20(15)24(4)22(27)23(2,3)18-13-11-17(12-14-18)21(25)26/h5-8,11-15,20H,9-10H2,1-4H3,(H,25,26). The second-order valence-corrected chi connectivity index (χ2v) is 8.08. The van der Waals surface area contributed by atoms with Gasteiger partial charge in [-0.15, -0.1) is 0 Å². The molecule has 0 aromatic heterocycles. The lowest BCUT2D eigenvalue weighted by atomic mass is 9.77. The Hall–Kier alpha value is -2.62. The normalized spacial score (nSPS) is 19.3. The first kappa shape index (κ1) is 19.2. The number of fused-ring (bicyclic) bond motifs is 1. The zero-order chi connectivity index (χ0) is 19.8. The lowest BCUT2D eigenvalue weighted by Gasteiger charge is -2.41. The van der Waals surface area contributed by atoms with Crippen LogP contribution in [-0.2, 0) is 16.6 Å². The highest BCUT2D eigenvalue weighted by molar-refractivity contribution is 5.89. The van der Waals surface area contributed by atoms with Gasteiger partial charge in [0.2, 0.25) is 5.91 Å². The molecule has 4 heteroatoms. The van der Waals surface area contributed by atoms with E-state index in [1.807, 2.05) is 31.9 Å². The fraction of sp³-hybridized carbons (Fsp3) is 0.391. The molecule has 1 amide bonds. The monoisotopic (exact) mass is 365 g/mol. The van der Waals surface area contributed by atoms with E-state index in [-0.39, 0.29) is 17.5 Å². The molecule has 0 spiro atoms. The van der Waals surface area contributed by atoms with Crippen LogP contribution in [0.25, 0.3) is 0 Å². The number of rotatable bonds is 4. The van der Waals surface area contributed by atoms with Crippen molar-refractivity contribution >= 4 is 11.9 Å². The van der Waals surface area contributed by atoms with Crippen LogP contribution in [0.15, 0.2) is 48.5 Å². The molecule has 0 radical (unpaired) electrons. The Morgan fingerprint density at radius 2 is 1.70 bits per heavy atom. The Balaban J connectivity index is 1.91. The van der Waals surface area contributed by atoms with E-state index < -0.39 is 11.4 Å². The van der Waals surface area contributed by atoms with Crippen molar-refractivity contribution in [3.63, 3.8) is 0 Å². The molecule has 0 saturated carbocycles. The summed E-state index contributed by atoms with van der Waals surface area (Å²) in [6, 6.07) is 15.0. The molecule has 1 aliphatic carbocycles. The molecule has 2 aromatic rings. The zero-order valence-corrected chi connectivity index (χ0v) is 16.4. The predicted molar refractivity (Wildman–Crippen MR) is 106 cm³/mol. The van der Waals surface area contributed by atoms with Crippen LogP contribution >= 0.6 is 0 Å². The Kier molecular flexibility index (Phi) is 5.09. The molecule has 2 aromatic carbocycles. The summed E-state index contributed by atoms with van der Waals surface area (Å²) >= 11 is 0. The van der Waals surface area contributed by atoms with Crippen molar-refractivity contribution in [1.82, 2.24) is 4.90 Å². The van der Waals surface area contributed by atoms with Crippen LogP contribution in [0.3, 0.4) is 0 Å². The zero-order valence-electron chi connectivity index (χ0n) is 16.4. The lowest BCUT2D eigenvalue weighted by molar-refractivity contribution is -0.138. The third kappa shape index (κ3) is 3.48. The van der Waals surface area contributed by atoms with Gasteiger partial charge in [-0.2, -0.15) is 0 Å². The number of likely N-dealkylation sites (N-methyl/N-ethyl adjacent to an activating group) is 1. The maximum atomic E-state index is 13.4. The van der Waals surface area contributed by atoms with Gasteiger partial charge in [0.25, 0.3) is 0 Å². The molecule has 142 valence electrons. The average Bonchev–Trinajstić information content (AvgIpc) is 2.66. The Labute approximate surface area is 160 Å². The number of carbonyl (C=O) groups is 2. The topological polar surface area (TPSA) is 57.6 Å². The van der Waals surface area contributed by atoms with Gasteiger partial charge in [-0.3, -0.25) is 4.79 Å². The number of hydrogen-bond donors (Lipinski definition) is 1. The number of aromatic carboxylic acids is 1. The molecule has 0 fully saturated rings. The summed E-state index contributed by atoms with van der Waals surface area (Å²) in [5.74, 6) is -0.534. The number of amides is 1. The molecular formula is C23H27NO3. The fourth-order valence-electron chi connectivity index (χ4n) is 4.21. The number of aryl methyl sites for hydroxylation is 1. The van der Waals surface area contributed by atoms with Crippen LogP contribution in [0.2, 0.25) is 0 Å². The van der Waals surface area contributed by atoms with E-state index in [9.17, 15) is 9.59 Å². The van der Waals surface area contributed by atoms with Crippen molar-refractivity contribution in [3.05, 3.63) is 70.8 Å². The summed E-state index contributed by atoms with van der Waals surface area (Å²) in [7, 11) is 1.89. The van der Waals surface area contributed by atoms with Crippen LogP contribution in [0.5, 0.6) is 0 Å². The number of nitrogens with zero attached hydrogens (tertiary/aromatic N) is 1. The molecule has 0 saturated heterocycles. The second kappa shape index (κ2) is 7.18. The first-order valence-electron chi connectivity index (χ1n) is 9.42. The van der Waals surface area contributed by atoms with Gasteiger partial charge in [0.1, 0.15) is 0 Å². The summed E-state index contributed by atoms with van der Waals surface area (Å²) in [6.45, 7) is 6.01. The van der Waals surface area contributed by atoms with Crippen LogP contribution in [0.1, 0.15) is 60.3 Å². The number of benzene rings is 2. The minimum atomic E-state index is -0.963. The third-order valence-corrected chi connectivity index (χ3v) is 5.91. The maximum absolute atomic E-state index is 13.4. The van der Waals surface area contributed by atoms with Crippen molar-refractivity contribution in [3.8, 4) is 0 Å². The van der Waals surface area contributed by atoms with Gasteiger partial charge in [0, 0.05) is 7.05 Å². The second-order valence-electron chi connectivity index (χ2n) is 8.08. The number of carbonyl (C=O) groups excluding carboxylic acids is 1. The van der Waals surface area contributed by atoms with E-state index in [2.05, 4.69) is 25.1 Å². The molecule has 0 heterocycles. The molecule has 4 nitrogen and oxygen atoms in total. The maximum Gasteiger partial charge on any atom is 0.335 e. The van der Waals surface area contributed by atoms with Crippen LogP contribution in [-0.4, -0.2) is 28.9 Å². The quantitative estimate of drug-likeness (QED) is 0.871. The summed E-state index contributed by atoms with van der Waals surface area (Å²) in [4.78, 5) is 26.4. The summed E-state index contributed by atoms with van der Waals surface area (Å²) in [5.41, 5.74) is 2.87. The van der Waals surface area contributed by atoms with Gasteiger partial charge in [0.15, 0.2) is 0 Å². The number of carboxylic acid groups (broad SMARTS) is 1. The fourth-order valence-corrected chi connectivity index (χ4v) is 4.21. The van der Waals surface area contributed by atoms with Crippen molar-refractivity contribution < 1.29 is 14.7 Å². The van der Waals surface area contributed by atoms with Gasteiger partial charge in [-0.1, -0.05) is 43.3 Å². The van der Waals surface area contributed by atoms with Crippen molar-refractivity contribution in [2.45, 2.75) is 45.1 Å². The lowest BCUT2D eigenvalue weighted by Crippen LogP contribution is -2.45. The smallest absolute Gasteiger partial charge is 0.335 e. The van der Waals surface area contributed by atoms with Gasteiger partial charge >= 0.3 is 5.97 Å². The van der Waals surface area contributed by atoms with E-state index >= 15 is 0 Å². The number of hydrogen-bond acceptors (Lipinski definition) is 2. The summed E-state index contributed by atoms with van der Waals surface area (Å²) in [6.07, 6.45) is 2.11. The van der Waals surface area contributed by atoms with E-state index in [0.717, 1.165) is 18.4 Å². The Morgan fingerprint density at radius 1 is 1.07 bits per heavy atom. The highest BCUT2D eigenvalue weighted by atomic mass is 16.4. The van der Waals surface area contributed by atoms with Crippen LogP contribution in [0.4, 0.5) is 0 Å². The van der Waals surface area contributed by atoms with Crippen LogP contribution in [0, 0.1) is 5.92 Å². The molecular weight excluding hydrogens is 338 g/mol. The Bertz CT molecular complexity index is 854. The van der Waals surface area contributed by atoms with Gasteiger partial charge < -0.3 is 10.0 Å². The molecule has 1 N–H and O–H groups in total. The molecule has 27 heavy (non-hydrogen) atoms. The van der Waals surface area contributed by atoms with E-state index in [4.69, 9.17) is 5.11 Å². The van der Waals surface area contributed by atoms with Crippen LogP contribution < -0.4 is 0 Å². The van der Waals surface area contributed by atoms with Crippen molar-refractivity contribution in [2.24, 2.45) is 5.92 Å². The van der Waals surface area contributed by atoms with Gasteiger partial charge in [-0.25, -0.2) is 4.79 Å². The predicted octanol–water partition coefficient (Wildman–Crippen LogP) is 4.44. The SMILES string of the molecule is CC1CCc2ccccc2C1N(C)C(=O)C(C)(C)c1ccc(C(=O)O)cc1. The Morgan fingerprint density at radius 3 is 2.33 bits per heavy atom.